The molecule has 0 fully saturated rings. The molecule has 0 unspecified atom stereocenters. The van der Waals surface area contributed by atoms with Gasteiger partial charge in [0.25, 0.3) is 11.5 Å². The maximum Gasteiger partial charge on any atom is 0.332 e. The number of nitrogens with zero attached hydrogens (tertiary/aromatic N) is 2. The molecule has 5 rings (SSSR count). The zero-order chi connectivity index (χ0) is 28.9. The lowest BCUT2D eigenvalue weighted by atomic mass is 10.1. The number of halogens is 1. The Bertz CT molecular complexity index is 1840. The minimum atomic E-state index is -0.598. The van der Waals surface area contributed by atoms with E-state index in [1.54, 1.807) is 72.8 Å². The fraction of sp³-hybridized carbons (Fsp3) is 0.125. The molecular weight excluding hydrogens is 584 g/mol. The lowest BCUT2D eigenvalue weighted by Crippen LogP contribution is -2.42. The predicted molar refractivity (Wildman–Crippen MR) is 163 cm³/mol. The van der Waals surface area contributed by atoms with Crippen LogP contribution in [0.15, 0.2) is 111 Å². The van der Waals surface area contributed by atoms with Gasteiger partial charge in [-0.1, -0.05) is 70.0 Å². The summed E-state index contributed by atoms with van der Waals surface area (Å²) in [5.74, 6) is -0.620. The van der Waals surface area contributed by atoms with Crippen LogP contribution in [0, 0.1) is 6.92 Å². The Morgan fingerprint density at radius 1 is 0.780 bits per heavy atom. The number of amides is 2. The number of benzene rings is 4. The van der Waals surface area contributed by atoms with E-state index < -0.39 is 17.2 Å². The minimum absolute atomic E-state index is 0.0118. The van der Waals surface area contributed by atoms with Crippen molar-refractivity contribution >= 4 is 44.3 Å². The summed E-state index contributed by atoms with van der Waals surface area (Å²) in [5.41, 5.74) is 3.20. The Labute approximate surface area is 244 Å². The summed E-state index contributed by atoms with van der Waals surface area (Å²) >= 11 is 3.36. The third kappa shape index (κ3) is 6.53. The number of anilines is 1. The highest BCUT2D eigenvalue weighted by atomic mass is 79.9. The largest absolute Gasteiger partial charge is 0.348 e. The van der Waals surface area contributed by atoms with Gasteiger partial charge in [0, 0.05) is 22.3 Å². The number of rotatable bonds is 8. The lowest BCUT2D eigenvalue weighted by molar-refractivity contribution is -0.116. The minimum Gasteiger partial charge on any atom is -0.348 e. The van der Waals surface area contributed by atoms with E-state index in [9.17, 15) is 19.2 Å². The van der Waals surface area contributed by atoms with Gasteiger partial charge in [-0.25, -0.2) is 4.79 Å². The van der Waals surface area contributed by atoms with Gasteiger partial charge >= 0.3 is 5.69 Å². The van der Waals surface area contributed by atoms with E-state index in [4.69, 9.17) is 0 Å². The molecule has 2 amide bonds. The third-order valence-electron chi connectivity index (χ3n) is 6.69. The monoisotopic (exact) mass is 610 g/mol. The molecule has 1 heterocycles. The molecule has 0 aliphatic carbocycles. The maximum atomic E-state index is 13.5. The van der Waals surface area contributed by atoms with E-state index in [1.165, 1.54) is 4.57 Å². The van der Waals surface area contributed by atoms with Crippen molar-refractivity contribution in [1.82, 2.24) is 14.5 Å². The lowest BCUT2D eigenvalue weighted by Gasteiger charge is -2.14. The van der Waals surface area contributed by atoms with Crippen LogP contribution in [0.5, 0.6) is 0 Å². The second-order valence-corrected chi connectivity index (χ2v) is 10.6. The van der Waals surface area contributed by atoms with Gasteiger partial charge in [0.15, 0.2) is 0 Å². The molecule has 2 N–H and O–H groups in total. The summed E-state index contributed by atoms with van der Waals surface area (Å²) in [6.07, 6.45) is 0. The summed E-state index contributed by atoms with van der Waals surface area (Å²) in [7, 11) is 0. The predicted octanol–water partition coefficient (Wildman–Crippen LogP) is 4.85. The summed E-state index contributed by atoms with van der Waals surface area (Å²) in [6.45, 7) is 2.13. The molecule has 0 atom stereocenters. The average Bonchev–Trinajstić information content (AvgIpc) is 2.98. The summed E-state index contributed by atoms with van der Waals surface area (Å²) in [6, 6.07) is 28.5. The molecule has 0 spiro atoms. The van der Waals surface area contributed by atoms with Crippen LogP contribution in [0.2, 0.25) is 0 Å². The van der Waals surface area contributed by atoms with Crippen molar-refractivity contribution in [2.75, 3.05) is 5.32 Å². The molecular formula is C32H27BrN4O4. The van der Waals surface area contributed by atoms with Crippen LogP contribution in [0.25, 0.3) is 10.9 Å². The highest BCUT2D eigenvalue weighted by Crippen LogP contribution is 2.15. The second-order valence-electron chi connectivity index (χ2n) is 9.70. The fourth-order valence-electron chi connectivity index (χ4n) is 4.47. The number of fused-ring (bicyclic) bond motifs is 1. The summed E-state index contributed by atoms with van der Waals surface area (Å²) in [4.78, 5) is 52.4. The number of aromatic nitrogens is 2. The molecule has 0 bridgehead atoms. The van der Waals surface area contributed by atoms with Gasteiger partial charge in [-0.05, 0) is 66.6 Å². The number of carbonyl (C=O) groups excluding carboxylic acids is 2. The van der Waals surface area contributed by atoms with E-state index in [0.717, 1.165) is 20.2 Å². The number of aryl methyl sites for hydroxylation is 1. The smallest absolute Gasteiger partial charge is 0.332 e. The zero-order valence-electron chi connectivity index (χ0n) is 22.3. The first-order valence-corrected chi connectivity index (χ1v) is 13.8. The SMILES string of the molecule is Cc1ccc(CNC(=O)c2ccc(Cn3c(=O)c4ccccc4n(CC(=O)Nc4ccc(Br)cc4)c3=O)cc2)cc1. The normalized spacial score (nSPS) is 10.9. The van der Waals surface area contributed by atoms with Crippen LogP contribution in [0.3, 0.4) is 0 Å². The van der Waals surface area contributed by atoms with Gasteiger partial charge in [-0.3, -0.25) is 23.5 Å². The van der Waals surface area contributed by atoms with Crippen LogP contribution in [0.1, 0.15) is 27.0 Å². The molecule has 41 heavy (non-hydrogen) atoms. The van der Waals surface area contributed by atoms with E-state index >= 15 is 0 Å². The highest BCUT2D eigenvalue weighted by molar-refractivity contribution is 9.10. The van der Waals surface area contributed by atoms with Crippen molar-refractivity contribution in [3.8, 4) is 0 Å². The number of hydrogen-bond donors (Lipinski definition) is 2. The first-order valence-electron chi connectivity index (χ1n) is 13.0. The van der Waals surface area contributed by atoms with Gasteiger partial charge in [0.05, 0.1) is 17.4 Å². The molecule has 0 radical (unpaired) electrons. The standard InChI is InChI=1S/C32H27BrN4O4/c1-21-6-8-22(9-7-21)18-34-30(39)24-12-10-23(11-13-24)19-37-31(40)27-4-2-3-5-28(27)36(32(37)41)20-29(38)35-26-16-14-25(33)15-17-26/h2-17H,18-20H2,1H3,(H,34,39)(H,35,38). The number of nitrogens with one attached hydrogen (secondary N) is 2. The molecule has 8 nitrogen and oxygen atoms in total. The van der Waals surface area contributed by atoms with E-state index in [0.29, 0.717) is 34.3 Å². The van der Waals surface area contributed by atoms with E-state index in [-0.39, 0.29) is 19.0 Å². The average molecular weight is 611 g/mol. The molecule has 0 saturated carbocycles. The van der Waals surface area contributed by atoms with Crippen molar-refractivity contribution in [2.45, 2.75) is 26.6 Å². The van der Waals surface area contributed by atoms with Crippen LogP contribution in [-0.4, -0.2) is 20.9 Å². The molecule has 206 valence electrons. The van der Waals surface area contributed by atoms with E-state index in [2.05, 4.69) is 26.6 Å². The van der Waals surface area contributed by atoms with Gasteiger partial charge in [0.1, 0.15) is 6.54 Å². The van der Waals surface area contributed by atoms with Crippen molar-refractivity contribution < 1.29 is 9.59 Å². The molecule has 0 aliphatic rings. The van der Waals surface area contributed by atoms with Crippen molar-refractivity contribution in [1.29, 1.82) is 0 Å². The first-order chi connectivity index (χ1) is 19.8. The van der Waals surface area contributed by atoms with Gasteiger partial charge < -0.3 is 10.6 Å². The molecule has 1 aromatic heterocycles. The third-order valence-corrected chi connectivity index (χ3v) is 7.22. The van der Waals surface area contributed by atoms with Crippen LogP contribution in [-0.2, 0) is 24.4 Å². The first kappa shape index (κ1) is 27.8. The summed E-state index contributed by atoms with van der Waals surface area (Å²) in [5, 5.41) is 6.02. The van der Waals surface area contributed by atoms with Crippen LogP contribution < -0.4 is 21.9 Å². The molecule has 0 saturated heterocycles. The fourth-order valence-corrected chi connectivity index (χ4v) is 4.74. The Morgan fingerprint density at radius 2 is 1.44 bits per heavy atom. The van der Waals surface area contributed by atoms with Gasteiger partial charge in [-0.2, -0.15) is 0 Å². The van der Waals surface area contributed by atoms with Crippen LogP contribution in [0.4, 0.5) is 5.69 Å². The highest BCUT2D eigenvalue weighted by Gasteiger charge is 2.16. The van der Waals surface area contributed by atoms with E-state index in [1.807, 2.05) is 31.2 Å². The Balaban J connectivity index is 1.36. The zero-order valence-corrected chi connectivity index (χ0v) is 23.9. The molecule has 0 aliphatic heterocycles. The number of para-hydroxylation sites is 1. The quantitative estimate of drug-likeness (QED) is 0.262. The van der Waals surface area contributed by atoms with Crippen molar-refractivity contribution in [2.24, 2.45) is 0 Å². The van der Waals surface area contributed by atoms with Crippen molar-refractivity contribution in [3.05, 3.63) is 145 Å². The van der Waals surface area contributed by atoms with Gasteiger partial charge in [0.2, 0.25) is 5.91 Å². The second kappa shape index (κ2) is 12.2. The van der Waals surface area contributed by atoms with Crippen LogP contribution >= 0.6 is 15.9 Å². The number of carbonyl (C=O) groups is 2. The summed E-state index contributed by atoms with van der Waals surface area (Å²) < 4.78 is 3.29. The Hall–Kier alpha value is -4.76. The topological polar surface area (TPSA) is 102 Å². The molecule has 9 heteroatoms. The maximum absolute atomic E-state index is 13.5. The number of hydrogen-bond acceptors (Lipinski definition) is 4. The molecule has 4 aromatic carbocycles. The molecule has 5 aromatic rings. The van der Waals surface area contributed by atoms with Crippen molar-refractivity contribution in [3.63, 3.8) is 0 Å². The van der Waals surface area contributed by atoms with Gasteiger partial charge in [-0.15, -0.1) is 0 Å². The Morgan fingerprint density at radius 3 is 2.15 bits per heavy atom. The Kier molecular flexibility index (Phi) is 8.26.